The van der Waals surface area contributed by atoms with Crippen LogP contribution in [-0.4, -0.2) is 199 Å². The molecule has 8 aromatic rings. The number of esters is 2. The Labute approximate surface area is 510 Å². The van der Waals surface area contributed by atoms with Crippen molar-refractivity contribution >= 4 is 74.2 Å². The van der Waals surface area contributed by atoms with Gasteiger partial charge in [-0.3, -0.25) is 24.0 Å². The lowest BCUT2D eigenvalue weighted by Gasteiger charge is -2.32. The van der Waals surface area contributed by atoms with E-state index < -0.39 is 23.8 Å². The van der Waals surface area contributed by atoms with E-state index >= 15 is 0 Å². The van der Waals surface area contributed by atoms with Crippen molar-refractivity contribution in [2.24, 2.45) is 15.9 Å². The summed E-state index contributed by atoms with van der Waals surface area (Å²) in [6.45, 7) is 16.6. The average molecular weight is 1200 g/mol. The third kappa shape index (κ3) is 16.1. The van der Waals surface area contributed by atoms with E-state index in [0.29, 0.717) is 85.8 Å². The summed E-state index contributed by atoms with van der Waals surface area (Å²) < 4.78 is 16.6. The monoisotopic (exact) mass is 1200 g/mol. The lowest BCUT2D eigenvalue weighted by Crippen LogP contribution is -2.45. The molecule has 0 radical (unpaired) electrons. The van der Waals surface area contributed by atoms with E-state index in [1.165, 1.54) is 39.3 Å². The highest BCUT2D eigenvalue weighted by Gasteiger charge is 2.27. The van der Waals surface area contributed by atoms with Crippen molar-refractivity contribution in [3.05, 3.63) is 189 Å². The number of carboxylic acids is 1. The first-order valence-corrected chi connectivity index (χ1v) is 28.8. The SMILES string of the molecule is CN1CCN(CCON)CC1.COC(=O)c1cc2[nH]c(O)c(C(=Nc3ccc(C(=O)COCCN4CCN(C)CC4)cc3)c3ccccc3)c2cc1C.COC(=O)c1cc2c(cc1C)c(C(=Nc1ccc(C(=O)O)cc1)c1ccccc1)c(O)n2C(C)=O. The number of nitrogens with one attached hydrogen (secondary N) is 1. The number of carbonyl (C=O) groups is 5. The molecular weight excluding hydrogens is 1120 g/mol. The predicted molar refractivity (Wildman–Crippen MR) is 339 cm³/mol. The second-order valence-corrected chi connectivity index (χ2v) is 21.5. The molecule has 21 nitrogen and oxygen atoms in total. The van der Waals surface area contributed by atoms with Crippen LogP contribution in [0.25, 0.3) is 21.8 Å². The van der Waals surface area contributed by atoms with E-state index in [2.05, 4.69) is 43.5 Å². The summed E-state index contributed by atoms with van der Waals surface area (Å²) in [5.74, 6) is 1.96. The predicted octanol–water partition coefficient (Wildman–Crippen LogP) is 8.68. The molecule has 0 bridgehead atoms. The number of hydrogen-bond donors (Lipinski definition) is 5. The van der Waals surface area contributed by atoms with Crippen LogP contribution in [0.5, 0.6) is 11.8 Å². The summed E-state index contributed by atoms with van der Waals surface area (Å²) in [4.78, 5) is 87.5. The molecule has 460 valence electrons. The Balaban J connectivity index is 0.000000196. The van der Waals surface area contributed by atoms with Gasteiger partial charge < -0.3 is 49.2 Å². The molecule has 21 heteroatoms. The highest BCUT2D eigenvalue weighted by Crippen LogP contribution is 2.37. The Hall–Kier alpha value is -9.19. The minimum Gasteiger partial charge on any atom is -0.494 e. The Morgan fingerprint density at radius 2 is 1.05 bits per heavy atom. The van der Waals surface area contributed by atoms with Gasteiger partial charge in [0.2, 0.25) is 11.8 Å². The molecule has 4 heterocycles. The van der Waals surface area contributed by atoms with Gasteiger partial charge in [0, 0.05) is 105 Å². The number of carboxylic acid groups (broad SMARTS) is 1. The maximum atomic E-state index is 12.7. The molecule has 0 spiro atoms. The van der Waals surface area contributed by atoms with Crippen molar-refractivity contribution in [2.45, 2.75) is 20.8 Å². The smallest absolute Gasteiger partial charge is 0.338 e. The number of carbonyl (C=O) groups excluding carboxylic acids is 4. The zero-order valence-corrected chi connectivity index (χ0v) is 50.6. The highest BCUT2D eigenvalue weighted by molar-refractivity contribution is 6.24. The fraction of sp³-hybridized carbons (Fsp3) is 0.299. The van der Waals surface area contributed by atoms with Gasteiger partial charge in [-0.1, -0.05) is 60.7 Å². The normalized spacial score (nSPS) is 14.4. The molecule has 2 aromatic heterocycles. The van der Waals surface area contributed by atoms with Crippen molar-refractivity contribution in [3.63, 3.8) is 0 Å². The molecule has 6 N–H and O–H groups in total. The summed E-state index contributed by atoms with van der Waals surface area (Å²) in [6.07, 6.45) is 0. The highest BCUT2D eigenvalue weighted by atomic mass is 16.6. The molecule has 2 saturated heterocycles. The first-order valence-electron chi connectivity index (χ1n) is 28.8. The molecular formula is C67H75N9O12. The van der Waals surface area contributed by atoms with Crippen LogP contribution < -0.4 is 5.90 Å². The molecule has 2 aliphatic heterocycles. The van der Waals surface area contributed by atoms with Gasteiger partial charge in [0.1, 0.15) is 6.61 Å². The number of ketones is 1. The number of aromatic nitrogens is 2. The van der Waals surface area contributed by atoms with Crippen molar-refractivity contribution in [1.82, 2.24) is 29.2 Å². The third-order valence-corrected chi connectivity index (χ3v) is 15.4. The number of nitrogens with zero attached hydrogens (tertiary/aromatic N) is 7. The maximum absolute atomic E-state index is 12.7. The molecule has 6 aromatic carbocycles. The zero-order chi connectivity index (χ0) is 63.0. The van der Waals surface area contributed by atoms with Crippen molar-refractivity contribution in [2.75, 3.05) is 114 Å². The summed E-state index contributed by atoms with van der Waals surface area (Å²) >= 11 is 0. The number of H-pyrrole nitrogens is 1. The minimum atomic E-state index is -1.05. The van der Waals surface area contributed by atoms with Gasteiger partial charge in [0.25, 0.3) is 0 Å². The van der Waals surface area contributed by atoms with E-state index in [1.54, 1.807) is 55.5 Å². The Morgan fingerprint density at radius 1 is 0.580 bits per heavy atom. The number of piperazine rings is 2. The number of aromatic amines is 1. The third-order valence-electron chi connectivity index (χ3n) is 15.4. The van der Waals surface area contributed by atoms with Crippen LogP contribution in [0.15, 0.2) is 143 Å². The number of aromatic carboxylic acids is 1. The first-order chi connectivity index (χ1) is 42.4. The van der Waals surface area contributed by atoms with Gasteiger partial charge >= 0.3 is 17.9 Å². The number of aliphatic imine (C=N–C) groups is 2. The maximum Gasteiger partial charge on any atom is 0.338 e. The van der Waals surface area contributed by atoms with Crippen molar-refractivity contribution < 1.29 is 58.3 Å². The second-order valence-electron chi connectivity index (χ2n) is 21.5. The largest absolute Gasteiger partial charge is 0.494 e. The van der Waals surface area contributed by atoms with E-state index in [9.17, 15) is 39.3 Å². The summed E-state index contributed by atoms with van der Waals surface area (Å²) in [6, 6.07) is 38.5. The number of hydrogen-bond acceptors (Lipinski definition) is 18. The molecule has 0 amide bonds. The molecule has 0 aliphatic carbocycles. The van der Waals surface area contributed by atoms with Gasteiger partial charge in [-0.15, -0.1) is 0 Å². The number of Topliss-reactive ketones (excluding diaryl/α,β-unsaturated/α-hetero) is 1. The molecule has 88 heavy (non-hydrogen) atoms. The standard InChI is InChI=1S/C33H36N4O5.C27H22N2O6.C7H17N3O/c1-22-19-27-28(20-26(22)33(40)41-3)35-32(39)30(27)31(24-7-5-4-6-8-24)34-25-11-9-23(10-12-25)29(38)21-42-18-17-37-15-13-36(2)14-16-37;1-15-13-21-22(14-20(15)27(34)35-3)29(16(2)30)25(31)23(21)24(17-7-5-4-6-8-17)28-19-11-9-18(10-12-19)26(32)33;1-9-2-4-10(5-3-9)6-7-11-8/h4-12,19-20,35,39H,13-18,21H2,1-3H3;4-14,31H,1-3H3,(H,32,33);2-8H2,1H3. The summed E-state index contributed by atoms with van der Waals surface area (Å²) in [5, 5.41) is 32.7. The quantitative estimate of drug-likeness (QED) is 0.0177. The Kier molecular flexibility index (Phi) is 22.4. The second kappa shape index (κ2) is 30.4. The number of ether oxygens (including phenoxy) is 3. The fourth-order valence-electron chi connectivity index (χ4n) is 10.4. The van der Waals surface area contributed by atoms with E-state index in [4.69, 9.17) is 30.1 Å². The first kappa shape index (κ1) is 64.8. The van der Waals surface area contributed by atoms with Crippen LogP contribution in [0, 0.1) is 13.8 Å². The summed E-state index contributed by atoms with van der Waals surface area (Å²) in [7, 11) is 6.89. The number of rotatable bonds is 18. The van der Waals surface area contributed by atoms with Gasteiger partial charge in [-0.05, 0) is 112 Å². The number of aromatic hydroxyl groups is 2. The Morgan fingerprint density at radius 3 is 1.52 bits per heavy atom. The summed E-state index contributed by atoms with van der Waals surface area (Å²) in [5.41, 5.74) is 7.91. The number of nitrogens with two attached hydrogens (primary N) is 1. The van der Waals surface area contributed by atoms with Crippen LogP contribution in [0.4, 0.5) is 11.4 Å². The van der Waals surface area contributed by atoms with Crippen LogP contribution in [0.1, 0.15) is 86.5 Å². The number of benzene rings is 6. The Bertz CT molecular complexity index is 3810. The number of methoxy groups -OCH3 is 2. The lowest BCUT2D eigenvalue weighted by atomic mass is 9.98. The van der Waals surface area contributed by atoms with Crippen molar-refractivity contribution in [1.29, 1.82) is 0 Å². The molecule has 0 saturated carbocycles. The number of likely N-dealkylation sites (N-methyl/N-ethyl adjacent to an activating group) is 2. The van der Waals surface area contributed by atoms with Gasteiger partial charge in [0.05, 0.1) is 83.6 Å². The molecule has 0 atom stereocenters. The molecule has 2 aliphatic rings. The lowest BCUT2D eigenvalue weighted by molar-refractivity contribution is 0.0591. The van der Waals surface area contributed by atoms with Gasteiger partial charge in [0.15, 0.2) is 11.7 Å². The van der Waals surface area contributed by atoms with Gasteiger partial charge in [-0.25, -0.2) is 30.3 Å². The van der Waals surface area contributed by atoms with E-state index in [1.807, 2.05) is 73.7 Å². The van der Waals surface area contributed by atoms with E-state index in [-0.39, 0.29) is 35.3 Å². The van der Waals surface area contributed by atoms with Crippen LogP contribution in [0.3, 0.4) is 0 Å². The average Bonchev–Trinajstić information content (AvgIpc) is 2.31. The van der Waals surface area contributed by atoms with Gasteiger partial charge in [-0.2, -0.15) is 0 Å². The van der Waals surface area contributed by atoms with Crippen molar-refractivity contribution in [3.8, 4) is 11.8 Å². The number of aryl methyl sites for hydroxylation is 2. The molecule has 2 fully saturated rings. The minimum absolute atomic E-state index is 0.0295. The molecule has 0 unspecified atom stereocenters. The van der Waals surface area contributed by atoms with Crippen LogP contribution in [-0.2, 0) is 19.0 Å². The topological polar surface area (TPSA) is 267 Å². The number of fused-ring (bicyclic) bond motifs is 2. The zero-order valence-electron chi connectivity index (χ0n) is 50.6. The van der Waals surface area contributed by atoms with Crippen LogP contribution in [0.2, 0.25) is 0 Å². The fourth-order valence-corrected chi connectivity index (χ4v) is 10.4. The van der Waals surface area contributed by atoms with Crippen LogP contribution >= 0.6 is 0 Å². The van der Waals surface area contributed by atoms with E-state index in [0.717, 1.165) is 86.5 Å². The molecule has 10 rings (SSSR count).